The number of hydrogen-bond donors (Lipinski definition) is 2. The Kier molecular flexibility index (Phi) is 3.97. The van der Waals surface area contributed by atoms with Crippen molar-refractivity contribution in [2.24, 2.45) is 0 Å². The van der Waals surface area contributed by atoms with Crippen molar-refractivity contribution in [3.63, 3.8) is 0 Å². The maximum absolute atomic E-state index is 9.18. The molecule has 0 radical (unpaired) electrons. The molecule has 6 heteroatoms. The molecule has 1 aromatic carbocycles. The van der Waals surface area contributed by atoms with Crippen LogP contribution >= 0.6 is 34.8 Å². The van der Waals surface area contributed by atoms with Crippen molar-refractivity contribution in [1.29, 1.82) is 0 Å². The summed E-state index contributed by atoms with van der Waals surface area (Å²) in [4.78, 5) is 4.16. The Morgan fingerprint density at radius 3 is 2.56 bits per heavy atom. The second kappa shape index (κ2) is 5.33. The summed E-state index contributed by atoms with van der Waals surface area (Å²) in [5, 5.41) is 10.4. The van der Waals surface area contributed by atoms with E-state index in [9.17, 15) is 5.11 Å². The molecule has 0 fully saturated rings. The molecule has 1 aromatic heterocycles. The zero-order chi connectivity index (χ0) is 13.3. The average molecular weight is 304 g/mol. The van der Waals surface area contributed by atoms with Crippen LogP contribution in [0.25, 0.3) is 11.3 Å². The lowest BCUT2D eigenvalue weighted by Crippen LogP contribution is -1.97. The van der Waals surface area contributed by atoms with E-state index in [0.29, 0.717) is 37.6 Å². The molecule has 0 bridgehead atoms. The fraction of sp³-hybridized carbons (Fsp3) is 0.0833. The van der Waals surface area contributed by atoms with Gasteiger partial charge in [-0.05, 0) is 18.2 Å². The first kappa shape index (κ1) is 13.4. The third-order valence-corrected chi connectivity index (χ3v) is 3.48. The molecule has 18 heavy (non-hydrogen) atoms. The maximum atomic E-state index is 9.18. The fourth-order valence-electron chi connectivity index (χ4n) is 1.53. The maximum Gasteiger partial charge on any atom is 0.0723 e. The molecule has 0 spiro atoms. The quantitative estimate of drug-likeness (QED) is 0.830. The summed E-state index contributed by atoms with van der Waals surface area (Å²) >= 11 is 18.0. The first-order chi connectivity index (χ1) is 8.52. The lowest BCUT2D eigenvalue weighted by molar-refractivity contribution is 0.282. The van der Waals surface area contributed by atoms with Crippen molar-refractivity contribution in [3.05, 3.63) is 45.0 Å². The molecule has 2 rings (SSSR count). The molecule has 0 saturated heterocycles. The number of hydrogen-bond acceptors (Lipinski definition) is 3. The number of anilines is 1. The van der Waals surface area contributed by atoms with Gasteiger partial charge in [0.25, 0.3) is 0 Å². The highest BCUT2D eigenvalue weighted by Gasteiger charge is 2.11. The summed E-state index contributed by atoms with van der Waals surface area (Å²) in [6.07, 6.45) is 1.46. The van der Waals surface area contributed by atoms with E-state index < -0.39 is 0 Å². The molecule has 0 unspecified atom stereocenters. The third kappa shape index (κ3) is 2.54. The Hall–Kier alpha value is -1.00. The lowest BCUT2D eigenvalue weighted by Gasteiger charge is -2.09. The standard InChI is InChI=1S/C12H9Cl3N2O/c13-7-2-8(12(15)9(14)3-7)11-1-6(5-18)10(16)4-17-11/h1-4,18H,5,16H2. The minimum absolute atomic E-state index is 0.173. The van der Waals surface area contributed by atoms with Crippen LogP contribution in [0, 0.1) is 0 Å². The number of rotatable bonds is 2. The SMILES string of the molecule is Nc1cnc(-c2cc(Cl)cc(Cl)c2Cl)cc1CO. The average Bonchev–Trinajstić information content (AvgIpc) is 2.34. The Bertz CT molecular complexity index is 602. The minimum atomic E-state index is -0.173. The van der Waals surface area contributed by atoms with Crippen LogP contribution in [0.5, 0.6) is 0 Å². The van der Waals surface area contributed by atoms with Crippen LogP contribution in [-0.2, 0) is 6.61 Å². The second-order valence-corrected chi connectivity index (χ2v) is 4.90. The zero-order valence-electron chi connectivity index (χ0n) is 9.12. The van der Waals surface area contributed by atoms with Gasteiger partial charge in [-0.2, -0.15) is 0 Å². The van der Waals surface area contributed by atoms with Crippen LogP contribution in [0.4, 0.5) is 5.69 Å². The molecular weight excluding hydrogens is 295 g/mol. The number of halogens is 3. The summed E-state index contributed by atoms with van der Waals surface area (Å²) < 4.78 is 0. The monoisotopic (exact) mass is 302 g/mol. The summed E-state index contributed by atoms with van der Waals surface area (Å²) in [6, 6.07) is 4.87. The number of nitrogens with zero attached hydrogens (tertiary/aromatic N) is 1. The van der Waals surface area contributed by atoms with E-state index in [1.54, 1.807) is 18.2 Å². The Balaban J connectivity index is 2.62. The third-order valence-electron chi connectivity index (χ3n) is 2.46. The van der Waals surface area contributed by atoms with Crippen molar-refractivity contribution >= 4 is 40.5 Å². The van der Waals surface area contributed by atoms with Crippen molar-refractivity contribution in [3.8, 4) is 11.3 Å². The molecule has 94 valence electrons. The summed E-state index contributed by atoms with van der Waals surface area (Å²) in [5.41, 5.74) is 7.82. The molecule has 1 heterocycles. The number of nitrogens with two attached hydrogens (primary N) is 1. The van der Waals surface area contributed by atoms with E-state index in [1.807, 2.05) is 0 Å². The number of aromatic nitrogens is 1. The summed E-state index contributed by atoms with van der Waals surface area (Å²) in [6.45, 7) is -0.173. The van der Waals surface area contributed by atoms with Gasteiger partial charge < -0.3 is 10.8 Å². The molecule has 0 saturated carbocycles. The number of nitrogen functional groups attached to an aromatic ring is 1. The van der Waals surface area contributed by atoms with Crippen LogP contribution in [0.15, 0.2) is 24.4 Å². The van der Waals surface area contributed by atoms with Crippen LogP contribution in [-0.4, -0.2) is 10.1 Å². The molecule has 3 N–H and O–H groups in total. The molecule has 0 aliphatic heterocycles. The number of aliphatic hydroxyl groups excluding tert-OH is 1. The highest BCUT2D eigenvalue weighted by Crippen LogP contribution is 2.36. The van der Waals surface area contributed by atoms with Gasteiger partial charge in [-0.25, -0.2) is 0 Å². The minimum Gasteiger partial charge on any atom is -0.397 e. The predicted octanol–water partition coefficient (Wildman–Crippen LogP) is 3.78. The Labute approximate surface area is 119 Å². The zero-order valence-corrected chi connectivity index (χ0v) is 11.4. The van der Waals surface area contributed by atoms with Gasteiger partial charge in [0, 0.05) is 16.1 Å². The predicted molar refractivity (Wildman–Crippen MR) is 75.0 cm³/mol. The lowest BCUT2D eigenvalue weighted by atomic mass is 10.1. The van der Waals surface area contributed by atoms with E-state index >= 15 is 0 Å². The van der Waals surface area contributed by atoms with E-state index in [0.717, 1.165) is 0 Å². The highest BCUT2D eigenvalue weighted by molar-refractivity contribution is 6.45. The van der Waals surface area contributed by atoms with Crippen LogP contribution < -0.4 is 5.73 Å². The molecular formula is C12H9Cl3N2O. The summed E-state index contributed by atoms with van der Waals surface area (Å²) in [7, 11) is 0. The normalized spacial score (nSPS) is 10.7. The van der Waals surface area contributed by atoms with Gasteiger partial charge in [0.1, 0.15) is 0 Å². The molecule has 0 amide bonds. The van der Waals surface area contributed by atoms with Gasteiger partial charge in [0.2, 0.25) is 0 Å². The Morgan fingerprint density at radius 2 is 1.89 bits per heavy atom. The molecule has 0 aliphatic rings. The first-order valence-electron chi connectivity index (χ1n) is 5.03. The smallest absolute Gasteiger partial charge is 0.0723 e. The highest BCUT2D eigenvalue weighted by atomic mass is 35.5. The number of pyridine rings is 1. The van der Waals surface area contributed by atoms with Crippen LogP contribution in [0.3, 0.4) is 0 Å². The van der Waals surface area contributed by atoms with E-state index in [-0.39, 0.29) is 6.61 Å². The van der Waals surface area contributed by atoms with Crippen molar-refractivity contribution in [1.82, 2.24) is 4.98 Å². The van der Waals surface area contributed by atoms with Crippen LogP contribution in [0.2, 0.25) is 15.1 Å². The number of benzene rings is 1. The van der Waals surface area contributed by atoms with Gasteiger partial charge in [0.05, 0.1) is 34.2 Å². The van der Waals surface area contributed by atoms with E-state index in [2.05, 4.69) is 4.98 Å². The van der Waals surface area contributed by atoms with Gasteiger partial charge >= 0.3 is 0 Å². The Morgan fingerprint density at radius 1 is 1.17 bits per heavy atom. The van der Waals surface area contributed by atoms with Gasteiger partial charge in [-0.15, -0.1) is 0 Å². The van der Waals surface area contributed by atoms with E-state index in [4.69, 9.17) is 40.5 Å². The van der Waals surface area contributed by atoms with Gasteiger partial charge in [-0.1, -0.05) is 34.8 Å². The van der Waals surface area contributed by atoms with E-state index in [1.165, 1.54) is 6.20 Å². The van der Waals surface area contributed by atoms with Crippen LogP contribution in [0.1, 0.15) is 5.56 Å². The fourth-order valence-corrected chi connectivity index (χ4v) is 2.23. The second-order valence-electron chi connectivity index (χ2n) is 3.68. The van der Waals surface area contributed by atoms with Gasteiger partial charge in [0.15, 0.2) is 0 Å². The molecule has 0 aliphatic carbocycles. The first-order valence-corrected chi connectivity index (χ1v) is 6.16. The van der Waals surface area contributed by atoms with Gasteiger partial charge in [-0.3, -0.25) is 4.98 Å². The molecule has 2 aromatic rings. The molecule has 3 nitrogen and oxygen atoms in total. The largest absolute Gasteiger partial charge is 0.397 e. The van der Waals surface area contributed by atoms with Crippen molar-refractivity contribution in [2.45, 2.75) is 6.61 Å². The van der Waals surface area contributed by atoms with Crippen molar-refractivity contribution < 1.29 is 5.11 Å². The van der Waals surface area contributed by atoms with Crippen molar-refractivity contribution in [2.75, 3.05) is 5.73 Å². The molecule has 0 atom stereocenters. The summed E-state index contributed by atoms with van der Waals surface area (Å²) in [5.74, 6) is 0. The topological polar surface area (TPSA) is 59.1 Å². The number of aliphatic hydroxyl groups is 1.